The number of hydrogen-bond donors (Lipinski definition) is 1. The molecule has 1 aromatic rings. The highest BCUT2D eigenvalue weighted by molar-refractivity contribution is 9.09. The van der Waals surface area contributed by atoms with Crippen molar-refractivity contribution in [1.82, 2.24) is 5.32 Å². The van der Waals surface area contributed by atoms with E-state index >= 15 is 0 Å². The van der Waals surface area contributed by atoms with E-state index in [0.29, 0.717) is 0 Å². The van der Waals surface area contributed by atoms with Crippen LogP contribution in [0.4, 0.5) is 0 Å². The van der Waals surface area contributed by atoms with Crippen LogP contribution in [0.3, 0.4) is 0 Å². The summed E-state index contributed by atoms with van der Waals surface area (Å²) >= 11 is 3.39. The summed E-state index contributed by atoms with van der Waals surface area (Å²) < 4.78 is 0. The lowest BCUT2D eigenvalue weighted by atomic mass is 10.0. The minimum atomic E-state index is -0.178. The van der Waals surface area contributed by atoms with Crippen LogP contribution < -0.4 is 5.32 Å². The van der Waals surface area contributed by atoms with Gasteiger partial charge in [-0.15, -0.1) is 0 Å². The molecule has 16 heavy (non-hydrogen) atoms. The second-order valence-corrected chi connectivity index (χ2v) is 5.38. The fourth-order valence-corrected chi connectivity index (χ4v) is 2.49. The summed E-state index contributed by atoms with van der Waals surface area (Å²) in [6, 6.07) is 7.64. The lowest BCUT2D eigenvalue weighted by molar-refractivity contribution is 0.0911. The number of nitrogens with one attached hydrogen (secondary N) is 1. The van der Waals surface area contributed by atoms with E-state index in [0.717, 1.165) is 22.9 Å². The molecule has 1 amide bonds. The Bertz CT molecular complexity index is 374. The Balaban J connectivity index is 2.77. The average molecular weight is 284 g/mol. The molecule has 0 heterocycles. The molecule has 0 aliphatic heterocycles. The van der Waals surface area contributed by atoms with Gasteiger partial charge >= 0.3 is 0 Å². The van der Waals surface area contributed by atoms with E-state index in [1.165, 1.54) is 0 Å². The first-order valence-electron chi connectivity index (χ1n) is 5.40. The molecule has 0 bridgehead atoms. The number of carbonyl (C=O) groups is 1. The zero-order chi connectivity index (χ0) is 12.2. The maximum atomic E-state index is 12.0. The Labute approximate surface area is 106 Å². The highest BCUT2D eigenvalue weighted by Gasteiger charge is 2.20. The number of amides is 1. The first-order valence-corrected chi connectivity index (χ1v) is 6.52. The third-order valence-corrected chi connectivity index (χ3v) is 2.96. The molecule has 0 aliphatic rings. The van der Waals surface area contributed by atoms with Crippen LogP contribution in [-0.2, 0) is 0 Å². The number of halogens is 1. The van der Waals surface area contributed by atoms with Crippen LogP contribution in [-0.4, -0.2) is 16.8 Å². The summed E-state index contributed by atoms with van der Waals surface area (Å²) in [6.07, 6.45) is 0.907. The van der Waals surface area contributed by atoms with E-state index in [-0.39, 0.29) is 11.4 Å². The largest absolute Gasteiger partial charge is 0.347 e. The van der Waals surface area contributed by atoms with Gasteiger partial charge in [-0.25, -0.2) is 0 Å². The second kappa shape index (κ2) is 5.48. The molecule has 0 aliphatic carbocycles. The summed E-state index contributed by atoms with van der Waals surface area (Å²) in [4.78, 5) is 12.0. The van der Waals surface area contributed by atoms with Gasteiger partial charge < -0.3 is 5.32 Å². The highest BCUT2D eigenvalue weighted by atomic mass is 79.9. The molecule has 3 heteroatoms. The lowest BCUT2D eigenvalue weighted by Crippen LogP contribution is -2.43. The molecule has 0 atom stereocenters. The van der Waals surface area contributed by atoms with Gasteiger partial charge in [0.1, 0.15) is 0 Å². The molecule has 1 aromatic carbocycles. The average Bonchev–Trinajstić information content (AvgIpc) is 2.17. The standard InChI is InChI=1S/C13H18BrNO/c1-10-6-4-5-7-11(10)12(16)15-13(2,3)8-9-14/h4-7H,8-9H2,1-3H3,(H,15,16). The van der Waals surface area contributed by atoms with Crippen molar-refractivity contribution in [1.29, 1.82) is 0 Å². The normalized spacial score (nSPS) is 11.2. The number of carbonyl (C=O) groups excluding carboxylic acids is 1. The van der Waals surface area contributed by atoms with E-state index in [2.05, 4.69) is 21.2 Å². The van der Waals surface area contributed by atoms with Crippen molar-refractivity contribution >= 4 is 21.8 Å². The van der Waals surface area contributed by atoms with Gasteiger partial charge in [0.25, 0.3) is 5.91 Å². The minimum absolute atomic E-state index is 0.00375. The molecule has 0 fully saturated rings. The first-order chi connectivity index (χ1) is 7.46. The molecule has 1 rings (SSSR count). The first kappa shape index (κ1) is 13.2. The van der Waals surface area contributed by atoms with Crippen LogP contribution in [0.1, 0.15) is 36.2 Å². The van der Waals surface area contributed by atoms with E-state index < -0.39 is 0 Å². The van der Waals surface area contributed by atoms with Gasteiger partial charge in [-0.3, -0.25) is 4.79 Å². The van der Waals surface area contributed by atoms with Gasteiger partial charge in [0, 0.05) is 16.4 Å². The molecule has 1 N–H and O–H groups in total. The zero-order valence-electron chi connectivity index (χ0n) is 10.0. The summed E-state index contributed by atoms with van der Waals surface area (Å²) in [7, 11) is 0. The predicted molar refractivity (Wildman–Crippen MR) is 71.1 cm³/mol. The molecule has 88 valence electrons. The monoisotopic (exact) mass is 283 g/mol. The number of aryl methyl sites for hydroxylation is 1. The molecular formula is C13H18BrNO. The van der Waals surface area contributed by atoms with Gasteiger partial charge in [0.05, 0.1) is 0 Å². The maximum Gasteiger partial charge on any atom is 0.251 e. The number of alkyl halides is 1. The molecule has 0 spiro atoms. The van der Waals surface area contributed by atoms with Gasteiger partial charge in [-0.05, 0) is 38.8 Å². The van der Waals surface area contributed by atoms with Crippen LogP contribution in [0.5, 0.6) is 0 Å². The second-order valence-electron chi connectivity index (χ2n) is 4.59. The summed E-state index contributed by atoms with van der Waals surface area (Å²) in [5.41, 5.74) is 1.59. The van der Waals surface area contributed by atoms with E-state index in [1.54, 1.807) is 0 Å². The maximum absolute atomic E-state index is 12.0. The van der Waals surface area contributed by atoms with E-state index in [4.69, 9.17) is 0 Å². The van der Waals surface area contributed by atoms with Crippen LogP contribution >= 0.6 is 15.9 Å². The Hall–Kier alpha value is -0.830. The van der Waals surface area contributed by atoms with Crippen LogP contribution in [0.25, 0.3) is 0 Å². The molecule has 0 saturated heterocycles. The van der Waals surface area contributed by atoms with Crippen LogP contribution in [0, 0.1) is 6.92 Å². The number of hydrogen-bond acceptors (Lipinski definition) is 1. The van der Waals surface area contributed by atoms with E-state index in [9.17, 15) is 4.79 Å². The lowest BCUT2D eigenvalue weighted by Gasteiger charge is -2.25. The van der Waals surface area contributed by atoms with Crippen molar-refractivity contribution in [2.75, 3.05) is 5.33 Å². The van der Waals surface area contributed by atoms with Crippen molar-refractivity contribution < 1.29 is 4.79 Å². The Kier molecular flexibility index (Phi) is 4.54. The Morgan fingerprint density at radius 2 is 2.00 bits per heavy atom. The minimum Gasteiger partial charge on any atom is -0.347 e. The highest BCUT2D eigenvalue weighted by Crippen LogP contribution is 2.13. The third-order valence-electron chi connectivity index (χ3n) is 2.56. The van der Waals surface area contributed by atoms with Gasteiger partial charge in [0.15, 0.2) is 0 Å². The van der Waals surface area contributed by atoms with Gasteiger partial charge in [-0.2, -0.15) is 0 Å². The molecule has 0 saturated carbocycles. The topological polar surface area (TPSA) is 29.1 Å². The Morgan fingerprint density at radius 3 is 2.56 bits per heavy atom. The van der Waals surface area contributed by atoms with Crippen molar-refractivity contribution in [3.05, 3.63) is 35.4 Å². The zero-order valence-corrected chi connectivity index (χ0v) is 11.6. The predicted octanol–water partition coefficient (Wildman–Crippen LogP) is 3.29. The molecular weight excluding hydrogens is 266 g/mol. The Morgan fingerprint density at radius 1 is 1.38 bits per heavy atom. The molecule has 0 radical (unpaired) electrons. The number of benzene rings is 1. The fraction of sp³-hybridized carbons (Fsp3) is 0.462. The van der Waals surface area contributed by atoms with Crippen molar-refractivity contribution in [2.24, 2.45) is 0 Å². The summed E-state index contributed by atoms with van der Waals surface area (Å²) in [5, 5.41) is 3.93. The van der Waals surface area contributed by atoms with Crippen LogP contribution in [0.2, 0.25) is 0 Å². The fourth-order valence-electron chi connectivity index (χ4n) is 1.50. The molecule has 0 aromatic heterocycles. The third kappa shape index (κ3) is 3.63. The summed E-state index contributed by atoms with van der Waals surface area (Å²) in [6.45, 7) is 6.02. The summed E-state index contributed by atoms with van der Waals surface area (Å²) in [5.74, 6) is 0.00375. The smallest absolute Gasteiger partial charge is 0.251 e. The van der Waals surface area contributed by atoms with Gasteiger partial charge in [-0.1, -0.05) is 34.1 Å². The van der Waals surface area contributed by atoms with Crippen molar-refractivity contribution in [2.45, 2.75) is 32.7 Å². The van der Waals surface area contributed by atoms with Gasteiger partial charge in [0.2, 0.25) is 0 Å². The number of rotatable bonds is 4. The molecule has 0 unspecified atom stereocenters. The SMILES string of the molecule is Cc1ccccc1C(=O)NC(C)(C)CCBr. The molecule has 2 nitrogen and oxygen atoms in total. The van der Waals surface area contributed by atoms with E-state index in [1.807, 2.05) is 45.0 Å². The van der Waals surface area contributed by atoms with Crippen LogP contribution in [0.15, 0.2) is 24.3 Å². The quantitative estimate of drug-likeness (QED) is 0.845. The van der Waals surface area contributed by atoms with Crippen molar-refractivity contribution in [3.8, 4) is 0 Å². The van der Waals surface area contributed by atoms with Crippen molar-refractivity contribution in [3.63, 3.8) is 0 Å².